The zero-order valence-corrected chi connectivity index (χ0v) is 14.6. The predicted octanol–water partition coefficient (Wildman–Crippen LogP) is 3.79. The molecule has 1 aromatic heterocycles. The lowest BCUT2D eigenvalue weighted by atomic mass is 9.96. The monoisotopic (exact) mass is 350 g/mol. The Morgan fingerprint density at radius 2 is 1.95 bits per heavy atom. The first-order valence-corrected chi connectivity index (χ1v) is 8.49. The molecule has 0 aliphatic rings. The van der Waals surface area contributed by atoms with Crippen LogP contribution < -0.4 is 4.74 Å². The lowest BCUT2D eigenvalue weighted by Crippen LogP contribution is -2.12. The highest BCUT2D eigenvalue weighted by atomic mass is 79.9. The average Bonchev–Trinajstić information content (AvgIpc) is 2.87. The third kappa shape index (κ3) is 4.34. The molecule has 114 valence electrons. The van der Waals surface area contributed by atoms with Gasteiger partial charge in [0, 0.05) is 18.1 Å². The van der Waals surface area contributed by atoms with Gasteiger partial charge < -0.3 is 4.74 Å². The normalized spacial score (nSPS) is 12.4. The van der Waals surface area contributed by atoms with Crippen LogP contribution in [0.1, 0.15) is 23.9 Å². The van der Waals surface area contributed by atoms with E-state index in [4.69, 9.17) is 4.74 Å². The third-order valence-corrected chi connectivity index (χ3v) is 4.70. The van der Waals surface area contributed by atoms with E-state index >= 15 is 0 Å². The summed E-state index contributed by atoms with van der Waals surface area (Å²) in [7, 11) is 3.73. The first kappa shape index (κ1) is 16.1. The highest BCUT2D eigenvalue weighted by molar-refractivity contribution is 9.09. The van der Waals surface area contributed by atoms with Gasteiger partial charge in [-0.25, -0.2) is 0 Å². The molecule has 0 bridgehead atoms. The molecule has 1 unspecified atom stereocenters. The molecule has 1 atom stereocenters. The van der Waals surface area contributed by atoms with E-state index in [-0.39, 0.29) is 0 Å². The average molecular weight is 351 g/mol. The van der Waals surface area contributed by atoms with Crippen molar-refractivity contribution < 1.29 is 4.74 Å². The number of ether oxygens (including phenoxy) is 1. The van der Waals surface area contributed by atoms with Crippen LogP contribution in [0.4, 0.5) is 0 Å². The van der Waals surface area contributed by atoms with Gasteiger partial charge in [0.05, 0.1) is 12.8 Å². The number of alkyl halides is 1. The van der Waals surface area contributed by atoms with Gasteiger partial charge in [0.15, 0.2) is 0 Å². The number of nitrogens with zero attached hydrogens (tertiary/aromatic N) is 2. The molecule has 0 aliphatic heterocycles. The highest BCUT2D eigenvalue weighted by Gasteiger charge is 2.13. The Hall–Kier alpha value is -1.29. The minimum absolute atomic E-state index is 0.568. The van der Waals surface area contributed by atoms with Crippen molar-refractivity contribution in [2.45, 2.75) is 26.2 Å². The summed E-state index contributed by atoms with van der Waals surface area (Å²) in [5.74, 6) is 1.48. The summed E-state index contributed by atoms with van der Waals surface area (Å²) in [6, 6.07) is 10.6. The van der Waals surface area contributed by atoms with Gasteiger partial charge in [-0.3, -0.25) is 4.68 Å². The molecule has 0 N–H and O–H groups in total. The molecular weight excluding hydrogens is 328 g/mol. The molecule has 2 rings (SSSR count). The predicted molar refractivity (Wildman–Crippen MR) is 90.3 cm³/mol. The van der Waals surface area contributed by atoms with Gasteiger partial charge in [0.2, 0.25) is 0 Å². The number of benzene rings is 1. The first-order valence-electron chi connectivity index (χ1n) is 7.37. The van der Waals surface area contributed by atoms with Gasteiger partial charge in [0.25, 0.3) is 0 Å². The van der Waals surface area contributed by atoms with E-state index in [1.165, 1.54) is 17.0 Å². The fraction of sp³-hybridized carbons (Fsp3) is 0.471. The van der Waals surface area contributed by atoms with Crippen LogP contribution in [0, 0.1) is 5.92 Å². The smallest absolute Gasteiger partial charge is 0.118 e. The largest absolute Gasteiger partial charge is 0.497 e. The van der Waals surface area contributed by atoms with Crippen LogP contribution >= 0.6 is 15.9 Å². The first-order chi connectivity index (χ1) is 10.2. The lowest BCUT2D eigenvalue weighted by molar-refractivity contribution is 0.414. The van der Waals surface area contributed by atoms with E-state index in [1.54, 1.807) is 7.11 Å². The Kier molecular flexibility index (Phi) is 5.85. The summed E-state index contributed by atoms with van der Waals surface area (Å²) in [4.78, 5) is 0. The van der Waals surface area contributed by atoms with Crippen molar-refractivity contribution in [3.8, 4) is 5.75 Å². The molecule has 0 fully saturated rings. The zero-order chi connectivity index (χ0) is 15.2. The summed E-state index contributed by atoms with van der Waals surface area (Å²) in [5, 5.41) is 5.52. The molecule has 2 aromatic rings. The van der Waals surface area contributed by atoms with Gasteiger partial charge in [-0.2, -0.15) is 5.10 Å². The Bertz CT molecular complexity index is 563. The second-order valence-electron chi connectivity index (χ2n) is 5.38. The van der Waals surface area contributed by atoms with Crippen LogP contribution in [0.3, 0.4) is 0 Å². The molecule has 0 radical (unpaired) electrons. The second-order valence-corrected chi connectivity index (χ2v) is 6.03. The number of hydrogen-bond donors (Lipinski definition) is 0. The fourth-order valence-electron chi connectivity index (χ4n) is 2.51. The maximum absolute atomic E-state index is 5.21. The highest BCUT2D eigenvalue weighted by Crippen LogP contribution is 2.19. The molecule has 0 saturated carbocycles. The van der Waals surface area contributed by atoms with Gasteiger partial charge in [0.1, 0.15) is 5.75 Å². The van der Waals surface area contributed by atoms with Crippen molar-refractivity contribution in [1.82, 2.24) is 9.78 Å². The minimum atomic E-state index is 0.568. The van der Waals surface area contributed by atoms with Crippen molar-refractivity contribution in [2.75, 3.05) is 12.4 Å². The Balaban J connectivity index is 2.03. The topological polar surface area (TPSA) is 27.1 Å². The van der Waals surface area contributed by atoms with E-state index in [1.807, 2.05) is 23.9 Å². The van der Waals surface area contributed by atoms with E-state index in [0.717, 1.165) is 30.3 Å². The molecule has 3 nitrogen and oxygen atoms in total. The molecule has 0 saturated heterocycles. The van der Waals surface area contributed by atoms with Crippen molar-refractivity contribution in [3.05, 3.63) is 47.3 Å². The van der Waals surface area contributed by atoms with Crippen LogP contribution in [0.15, 0.2) is 30.3 Å². The Morgan fingerprint density at radius 3 is 2.48 bits per heavy atom. The SMILES string of the molecule is CCc1cc(CC(CBr)Cc2ccc(OC)cc2)n(C)n1. The molecule has 0 amide bonds. The molecule has 4 heteroatoms. The standard InChI is InChI=1S/C17H23BrN2O/c1-4-15-11-16(20(2)19-15)10-14(12-18)9-13-5-7-17(21-3)8-6-13/h5-8,11,14H,4,9-10,12H2,1-3H3. The summed E-state index contributed by atoms with van der Waals surface area (Å²) in [5.41, 5.74) is 3.83. The van der Waals surface area contributed by atoms with Crippen molar-refractivity contribution in [3.63, 3.8) is 0 Å². The van der Waals surface area contributed by atoms with Crippen LogP contribution in [0.25, 0.3) is 0 Å². The summed E-state index contributed by atoms with van der Waals surface area (Å²) in [6.07, 6.45) is 3.09. The fourth-order valence-corrected chi connectivity index (χ4v) is 2.97. The summed E-state index contributed by atoms with van der Waals surface area (Å²) in [6.45, 7) is 2.14. The lowest BCUT2D eigenvalue weighted by Gasteiger charge is -2.14. The van der Waals surface area contributed by atoms with Crippen LogP contribution in [-0.4, -0.2) is 22.2 Å². The number of aromatic nitrogens is 2. The van der Waals surface area contributed by atoms with Crippen molar-refractivity contribution >= 4 is 15.9 Å². The molecular formula is C17H23BrN2O. The Morgan fingerprint density at radius 1 is 1.24 bits per heavy atom. The molecule has 21 heavy (non-hydrogen) atoms. The summed E-state index contributed by atoms with van der Waals surface area (Å²) < 4.78 is 7.22. The van der Waals surface area contributed by atoms with Gasteiger partial charge in [-0.15, -0.1) is 0 Å². The second kappa shape index (κ2) is 7.64. The zero-order valence-electron chi connectivity index (χ0n) is 13.0. The number of rotatable bonds is 7. The maximum Gasteiger partial charge on any atom is 0.118 e. The van der Waals surface area contributed by atoms with Gasteiger partial charge in [-0.1, -0.05) is 35.0 Å². The number of halogens is 1. The maximum atomic E-state index is 5.21. The van der Waals surface area contributed by atoms with E-state index in [9.17, 15) is 0 Å². The number of aryl methyl sites for hydroxylation is 2. The van der Waals surface area contributed by atoms with Crippen molar-refractivity contribution in [2.24, 2.45) is 13.0 Å². The van der Waals surface area contributed by atoms with Gasteiger partial charge >= 0.3 is 0 Å². The van der Waals surface area contributed by atoms with E-state index in [2.05, 4.69) is 46.2 Å². The molecule has 0 spiro atoms. The quantitative estimate of drug-likeness (QED) is 0.710. The summed E-state index contributed by atoms with van der Waals surface area (Å²) >= 11 is 3.65. The molecule has 0 aliphatic carbocycles. The van der Waals surface area contributed by atoms with Crippen LogP contribution in [0.5, 0.6) is 5.75 Å². The number of methoxy groups -OCH3 is 1. The van der Waals surface area contributed by atoms with Crippen LogP contribution in [-0.2, 0) is 26.3 Å². The van der Waals surface area contributed by atoms with Crippen LogP contribution in [0.2, 0.25) is 0 Å². The molecule has 1 aromatic carbocycles. The number of hydrogen-bond acceptors (Lipinski definition) is 2. The van der Waals surface area contributed by atoms with E-state index < -0.39 is 0 Å². The van der Waals surface area contributed by atoms with E-state index in [0.29, 0.717) is 5.92 Å². The Labute approximate surface area is 135 Å². The van der Waals surface area contributed by atoms with Crippen molar-refractivity contribution in [1.29, 1.82) is 0 Å². The minimum Gasteiger partial charge on any atom is -0.497 e. The van der Waals surface area contributed by atoms with Gasteiger partial charge in [-0.05, 0) is 48.9 Å². The molecule has 1 heterocycles. The third-order valence-electron chi connectivity index (χ3n) is 3.79.